The van der Waals surface area contributed by atoms with Crippen molar-refractivity contribution < 1.29 is 14.6 Å². The molecule has 0 atom stereocenters. The second-order valence-electron chi connectivity index (χ2n) is 5.15. The molecule has 0 aliphatic rings. The minimum absolute atomic E-state index is 0.0833. The maximum atomic E-state index is 9.28. The Morgan fingerprint density at radius 1 is 1.15 bits per heavy atom. The lowest BCUT2D eigenvalue weighted by molar-refractivity contribution is 0.187. The molecule has 0 heterocycles. The molecule has 0 saturated heterocycles. The molecule has 0 bridgehead atoms. The van der Waals surface area contributed by atoms with E-state index >= 15 is 0 Å². The van der Waals surface area contributed by atoms with Crippen molar-refractivity contribution in [1.82, 2.24) is 5.32 Å². The van der Waals surface area contributed by atoms with Crippen LogP contribution in [-0.2, 0) is 6.54 Å². The Bertz CT molecular complexity index is 435. The molecule has 0 saturated carbocycles. The van der Waals surface area contributed by atoms with Crippen molar-refractivity contribution in [2.24, 2.45) is 0 Å². The van der Waals surface area contributed by atoms with Crippen molar-refractivity contribution in [3.63, 3.8) is 0 Å². The number of rotatable bonds is 8. The van der Waals surface area contributed by atoms with Gasteiger partial charge in [0.15, 0.2) is 11.5 Å². The Morgan fingerprint density at radius 2 is 1.70 bits per heavy atom. The second-order valence-corrected chi connectivity index (χ2v) is 6.01. The summed E-state index contributed by atoms with van der Waals surface area (Å²) in [6.45, 7) is 9.73. The first-order chi connectivity index (χ1) is 9.43. The molecule has 2 N–H and O–H groups in total. The summed E-state index contributed by atoms with van der Waals surface area (Å²) in [5.74, 6) is 1.49. The van der Waals surface area contributed by atoms with Crippen LogP contribution in [0.15, 0.2) is 16.6 Å². The summed E-state index contributed by atoms with van der Waals surface area (Å²) in [4.78, 5) is 0. The Morgan fingerprint density at radius 3 is 2.20 bits per heavy atom. The molecule has 1 aromatic carbocycles. The Labute approximate surface area is 129 Å². The predicted octanol–water partition coefficient (Wildman–Crippen LogP) is 3.11. The number of benzene rings is 1. The first kappa shape index (κ1) is 17.3. The highest BCUT2D eigenvalue weighted by Crippen LogP contribution is 2.34. The highest BCUT2D eigenvalue weighted by molar-refractivity contribution is 9.10. The van der Waals surface area contributed by atoms with Crippen LogP contribution in [0.1, 0.15) is 33.3 Å². The van der Waals surface area contributed by atoms with Crippen molar-refractivity contribution in [2.75, 3.05) is 19.8 Å². The van der Waals surface area contributed by atoms with Crippen LogP contribution in [0.5, 0.6) is 11.5 Å². The van der Waals surface area contributed by atoms with E-state index in [1.54, 1.807) is 0 Å². The molecule has 0 fully saturated rings. The zero-order valence-corrected chi connectivity index (χ0v) is 14.2. The summed E-state index contributed by atoms with van der Waals surface area (Å²) in [5.41, 5.74) is 0.752. The second kappa shape index (κ2) is 7.86. The normalized spacial score (nSPS) is 11.5. The predicted molar refractivity (Wildman–Crippen MR) is 84.5 cm³/mol. The maximum absolute atomic E-state index is 9.28. The van der Waals surface area contributed by atoms with E-state index < -0.39 is 0 Å². The number of aliphatic hydroxyl groups is 1. The summed E-state index contributed by atoms with van der Waals surface area (Å²) in [5, 5.41) is 12.6. The largest absolute Gasteiger partial charge is 0.490 e. The molecule has 0 spiro atoms. The minimum atomic E-state index is -0.316. The summed E-state index contributed by atoms with van der Waals surface area (Å²) in [6, 6.07) is 3.90. The summed E-state index contributed by atoms with van der Waals surface area (Å²) >= 11 is 3.55. The van der Waals surface area contributed by atoms with Crippen molar-refractivity contribution in [1.29, 1.82) is 0 Å². The van der Waals surface area contributed by atoms with E-state index in [1.165, 1.54) is 0 Å². The van der Waals surface area contributed by atoms with Gasteiger partial charge in [0.05, 0.1) is 19.8 Å². The van der Waals surface area contributed by atoms with Crippen molar-refractivity contribution >= 4 is 15.9 Å². The van der Waals surface area contributed by atoms with E-state index in [-0.39, 0.29) is 12.1 Å². The molecule has 0 radical (unpaired) electrons. The van der Waals surface area contributed by atoms with E-state index in [4.69, 9.17) is 9.47 Å². The lowest BCUT2D eigenvalue weighted by Crippen LogP contribution is -2.42. The van der Waals surface area contributed by atoms with Gasteiger partial charge in [-0.2, -0.15) is 0 Å². The molecule has 0 aliphatic heterocycles. The van der Waals surface area contributed by atoms with Crippen LogP contribution < -0.4 is 14.8 Å². The summed E-state index contributed by atoms with van der Waals surface area (Å²) in [6.07, 6.45) is 0. The third kappa shape index (κ3) is 4.96. The van der Waals surface area contributed by atoms with Crippen molar-refractivity contribution in [2.45, 2.75) is 39.8 Å². The maximum Gasteiger partial charge on any atom is 0.162 e. The van der Waals surface area contributed by atoms with Crippen LogP contribution in [0, 0.1) is 0 Å². The number of hydrogen-bond donors (Lipinski definition) is 2. The molecule has 0 amide bonds. The Hall–Kier alpha value is -0.780. The first-order valence-corrected chi connectivity index (χ1v) is 7.66. The molecular formula is C15H24BrNO3. The number of halogens is 1. The number of hydrogen-bond acceptors (Lipinski definition) is 4. The third-order valence-electron chi connectivity index (χ3n) is 2.87. The average Bonchev–Trinajstić information content (AvgIpc) is 2.41. The van der Waals surface area contributed by atoms with Gasteiger partial charge in [-0.1, -0.05) is 15.9 Å². The fourth-order valence-electron chi connectivity index (χ4n) is 1.64. The van der Waals surface area contributed by atoms with Crippen molar-refractivity contribution in [3.8, 4) is 11.5 Å². The van der Waals surface area contributed by atoms with Gasteiger partial charge in [0.25, 0.3) is 0 Å². The fraction of sp³-hybridized carbons (Fsp3) is 0.600. The van der Waals surface area contributed by atoms with E-state index in [0.29, 0.717) is 19.8 Å². The molecule has 114 valence electrons. The number of ether oxygens (including phenoxy) is 2. The average molecular weight is 346 g/mol. The van der Waals surface area contributed by atoms with Crippen LogP contribution in [0.3, 0.4) is 0 Å². The van der Waals surface area contributed by atoms with Crippen LogP contribution in [0.4, 0.5) is 0 Å². The zero-order chi connectivity index (χ0) is 15.2. The molecule has 0 aliphatic carbocycles. The Balaban J connectivity index is 2.93. The summed E-state index contributed by atoms with van der Waals surface area (Å²) < 4.78 is 12.2. The standard InChI is InChI=1S/C15H24BrNO3/c1-5-19-13-7-11(9-17-15(3,4)10-18)12(16)8-14(13)20-6-2/h7-8,17-18H,5-6,9-10H2,1-4H3. The van der Waals surface area contributed by atoms with Crippen LogP contribution in [0.2, 0.25) is 0 Å². The van der Waals surface area contributed by atoms with E-state index in [9.17, 15) is 5.11 Å². The highest BCUT2D eigenvalue weighted by Gasteiger charge is 2.17. The molecular weight excluding hydrogens is 322 g/mol. The van der Waals surface area contributed by atoms with Crippen molar-refractivity contribution in [3.05, 3.63) is 22.2 Å². The van der Waals surface area contributed by atoms with Crippen LogP contribution in [0.25, 0.3) is 0 Å². The van der Waals surface area contributed by atoms with Gasteiger partial charge in [-0.3, -0.25) is 0 Å². The highest BCUT2D eigenvalue weighted by atomic mass is 79.9. The summed E-state index contributed by atoms with van der Waals surface area (Å²) in [7, 11) is 0. The van der Waals surface area contributed by atoms with Gasteiger partial charge in [0.2, 0.25) is 0 Å². The molecule has 1 rings (SSSR count). The van der Waals surface area contributed by atoms with Crippen LogP contribution >= 0.6 is 15.9 Å². The molecule has 1 aromatic rings. The first-order valence-electron chi connectivity index (χ1n) is 6.87. The monoisotopic (exact) mass is 345 g/mol. The van der Waals surface area contributed by atoms with E-state index in [2.05, 4.69) is 21.2 Å². The third-order valence-corrected chi connectivity index (χ3v) is 3.60. The number of nitrogens with one attached hydrogen (secondary N) is 1. The smallest absolute Gasteiger partial charge is 0.162 e. The molecule has 4 nitrogen and oxygen atoms in total. The fourth-order valence-corrected chi connectivity index (χ4v) is 2.10. The van der Waals surface area contributed by atoms with Gasteiger partial charge in [0, 0.05) is 16.6 Å². The van der Waals surface area contributed by atoms with Gasteiger partial charge in [-0.05, 0) is 45.4 Å². The Kier molecular flexibility index (Phi) is 6.79. The topological polar surface area (TPSA) is 50.7 Å². The van der Waals surface area contributed by atoms with E-state index in [1.807, 2.05) is 39.8 Å². The van der Waals surface area contributed by atoms with Gasteiger partial charge in [-0.25, -0.2) is 0 Å². The quantitative estimate of drug-likeness (QED) is 0.760. The molecule has 0 aromatic heterocycles. The molecule has 0 unspecified atom stereocenters. The SMILES string of the molecule is CCOc1cc(Br)c(CNC(C)(C)CO)cc1OCC. The van der Waals surface area contributed by atoms with Gasteiger partial charge >= 0.3 is 0 Å². The molecule has 5 heteroatoms. The van der Waals surface area contributed by atoms with Gasteiger partial charge in [-0.15, -0.1) is 0 Å². The minimum Gasteiger partial charge on any atom is -0.490 e. The van der Waals surface area contributed by atoms with Gasteiger partial charge in [0.1, 0.15) is 0 Å². The van der Waals surface area contributed by atoms with E-state index in [0.717, 1.165) is 21.5 Å². The lowest BCUT2D eigenvalue weighted by Gasteiger charge is -2.24. The lowest BCUT2D eigenvalue weighted by atomic mass is 10.1. The number of aliphatic hydroxyl groups excluding tert-OH is 1. The van der Waals surface area contributed by atoms with Gasteiger partial charge < -0.3 is 19.9 Å². The van der Waals surface area contributed by atoms with Crippen LogP contribution in [-0.4, -0.2) is 30.5 Å². The zero-order valence-electron chi connectivity index (χ0n) is 12.6. The molecule has 20 heavy (non-hydrogen) atoms.